The summed E-state index contributed by atoms with van der Waals surface area (Å²) < 4.78 is 9.60. The van der Waals surface area contributed by atoms with Gasteiger partial charge in [0.25, 0.3) is 0 Å². The van der Waals surface area contributed by atoms with Gasteiger partial charge in [-0.15, -0.1) is 0 Å². The van der Waals surface area contributed by atoms with E-state index < -0.39 is 43.3 Å². The van der Waals surface area contributed by atoms with Crippen LogP contribution in [-0.4, -0.2) is 70.4 Å². The van der Waals surface area contributed by atoms with Gasteiger partial charge in [-0.2, -0.15) is 0 Å². The Bertz CT molecular complexity index is 260. The summed E-state index contributed by atoms with van der Waals surface area (Å²) >= 11 is 0. The second kappa shape index (κ2) is 6.12. The second-order valence-electron chi connectivity index (χ2n) is 3.61. The molecule has 0 aromatic heterocycles. The molecule has 0 aliphatic carbocycles. The van der Waals surface area contributed by atoms with Gasteiger partial charge in [-0.1, -0.05) is 0 Å². The van der Waals surface area contributed by atoms with Crippen LogP contribution in [0.25, 0.3) is 0 Å². The second-order valence-corrected chi connectivity index (χ2v) is 3.61. The molecule has 0 spiro atoms. The van der Waals surface area contributed by atoms with Crippen LogP contribution in [0.3, 0.4) is 0 Å². The molecule has 0 saturated carbocycles. The van der Waals surface area contributed by atoms with Crippen molar-refractivity contribution in [3.8, 4) is 0 Å². The van der Waals surface area contributed by atoms with Crippen LogP contribution >= 0.6 is 0 Å². The van der Waals surface area contributed by atoms with Crippen molar-refractivity contribution in [3.63, 3.8) is 0 Å². The van der Waals surface area contributed by atoms with Crippen molar-refractivity contribution < 1.29 is 34.7 Å². The van der Waals surface area contributed by atoms with Crippen molar-refractivity contribution in [3.05, 3.63) is 0 Å². The summed E-state index contributed by atoms with van der Waals surface area (Å²) in [6.07, 6.45) is -7.60. The topological polar surface area (TPSA) is 128 Å². The lowest BCUT2D eigenvalue weighted by Gasteiger charge is -2.39. The molecule has 5 N–H and O–H groups in total. The Balaban J connectivity index is 2.62. The van der Waals surface area contributed by atoms with E-state index in [9.17, 15) is 20.1 Å². The fourth-order valence-electron chi connectivity index (χ4n) is 1.51. The highest BCUT2D eigenvalue weighted by Gasteiger charge is 2.44. The Morgan fingerprint density at radius 1 is 1.29 bits per heavy atom. The number of rotatable bonds is 3. The van der Waals surface area contributed by atoms with Crippen LogP contribution in [0.5, 0.6) is 0 Å². The zero-order valence-corrected chi connectivity index (χ0v) is 9.31. The molecule has 0 aromatic carbocycles. The number of aliphatic hydroxyl groups is 4. The van der Waals surface area contributed by atoms with Gasteiger partial charge in [0.15, 0.2) is 6.23 Å². The van der Waals surface area contributed by atoms with Crippen molar-refractivity contribution in [1.29, 1.82) is 0 Å². The van der Waals surface area contributed by atoms with Crippen LogP contribution in [0.1, 0.15) is 6.92 Å². The molecule has 8 nitrogen and oxygen atoms in total. The molecule has 17 heavy (non-hydrogen) atoms. The van der Waals surface area contributed by atoms with Crippen molar-refractivity contribution in [2.45, 2.75) is 37.6 Å². The van der Waals surface area contributed by atoms with Gasteiger partial charge in [-0.25, -0.2) is 4.79 Å². The maximum atomic E-state index is 11.1. The van der Waals surface area contributed by atoms with Gasteiger partial charge in [0.05, 0.1) is 13.2 Å². The number of hydrogen-bond donors (Lipinski definition) is 5. The highest BCUT2D eigenvalue weighted by molar-refractivity contribution is 5.67. The van der Waals surface area contributed by atoms with Crippen molar-refractivity contribution in [2.24, 2.45) is 0 Å². The number of carbonyl (C=O) groups is 1. The summed E-state index contributed by atoms with van der Waals surface area (Å²) in [6, 6.07) is 0. The molecule has 100 valence electrons. The van der Waals surface area contributed by atoms with Gasteiger partial charge in [-0.05, 0) is 6.92 Å². The van der Waals surface area contributed by atoms with Crippen LogP contribution in [0.2, 0.25) is 0 Å². The molecule has 0 aromatic rings. The third-order valence-electron chi connectivity index (χ3n) is 2.43. The number of hydrogen-bond acceptors (Lipinski definition) is 7. The minimum Gasteiger partial charge on any atom is -0.450 e. The lowest BCUT2D eigenvalue weighted by atomic mass is 9.98. The quantitative estimate of drug-likeness (QED) is 0.376. The van der Waals surface area contributed by atoms with E-state index in [0.717, 1.165) is 0 Å². The first kappa shape index (κ1) is 14.1. The molecule has 0 bridgehead atoms. The molecular formula is C9H17NO7. The minimum atomic E-state index is -1.52. The van der Waals surface area contributed by atoms with E-state index in [1.165, 1.54) is 0 Å². The fraction of sp³-hybridized carbons (Fsp3) is 0.889. The van der Waals surface area contributed by atoms with E-state index in [-0.39, 0.29) is 6.61 Å². The summed E-state index contributed by atoms with van der Waals surface area (Å²) in [5.41, 5.74) is 0. The zero-order chi connectivity index (χ0) is 13.0. The summed E-state index contributed by atoms with van der Waals surface area (Å²) in [5, 5.41) is 39.5. The average Bonchev–Trinajstić information content (AvgIpc) is 2.30. The van der Waals surface area contributed by atoms with Crippen LogP contribution in [-0.2, 0) is 9.47 Å². The number of alkyl carbamates (subject to hydrolysis) is 1. The Labute approximate surface area is 97.8 Å². The summed E-state index contributed by atoms with van der Waals surface area (Å²) in [5.74, 6) is 0. The number of ether oxygens (including phenoxy) is 2. The molecule has 1 saturated heterocycles. The van der Waals surface area contributed by atoms with Crippen LogP contribution in [0, 0.1) is 0 Å². The highest BCUT2D eigenvalue weighted by Crippen LogP contribution is 2.19. The molecule has 0 unspecified atom stereocenters. The first-order valence-corrected chi connectivity index (χ1v) is 5.25. The molecule has 1 heterocycles. The third-order valence-corrected chi connectivity index (χ3v) is 2.43. The van der Waals surface area contributed by atoms with Crippen LogP contribution < -0.4 is 5.32 Å². The van der Waals surface area contributed by atoms with E-state index >= 15 is 0 Å². The monoisotopic (exact) mass is 251 g/mol. The average molecular weight is 251 g/mol. The van der Waals surface area contributed by atoms with Crippen LogP contribution in [0.4, 0.5) is 4.79 Å². The summed E-state index contributed by atoms with van der Waals surface area (Å²) in [7, 11) is 0. The Hall–Kier alpha value is -0.930. The lowest BCUT2D eigenvalue weighted by molar-refractivity contribution is -0.234. The molecule has 1 fully saturated rings. The van der Waals surface area contributed by atoms with E-state index in [1.54, 1.807) is 6.92 Å². The highest BCUT2D eigenvalue weighted by atomic mass is 16.6. The fourth-order valence-corrected chi connectivity index (χ4v) is 1.51. The Morgan fingerprint density at radius 3 is 2.47 bits per heavy atom. The molecule has 1 aliphatic heterocycles. The Morgan fingerprint density at radius 2 is 1.94 bits per heavy atom. The van der Waals surface area contributed by atoms with E-state index in [2.05, 4.69) is 10.1 Å². The SMILES string of the molecule is CCOC(=O)N[C@H]1O[C@@H](CO)[C@@H](O)[C@@H](O)[C@H]1O. The van der Waals surface area contributed by atoms with Crippen molar-refractivity contribution in [1.82, 2.24) is 5.32 Å². The normalized spacial score (nSPS) is 37.6. The van der Waals surface area contributed by atoms with Crippen molar-refractivity contribution in [2.75, 3.05) is 13.2 Å². The lowest BCUT2D eigenvalue weighted by Crippen LogP contribution is -2.63. The van der Waals surface area contributed by atoms with Gasteiger partial charge in [0.1, 0.15) is 24.4 Å². The first-order valence-electron chi connectivity index (χ1n) is 5.25. The predicted octanol–water partition coefficient (Wildman–Crippen LogP) is -2.47. The molecule has 1 amide bonds. The number of carbonyl (C=O) groups excluding carboxylic acids is 1. The summed E-state index contributed by atoms with van der Waals surface area (Å²) in [6.45, 7) is 1.20. The first-order chi connectivity index (χ1) is 8.01. The molecule has 8 heteroatoms. The van der Waals surface area contributed by atoms with E-state index in [4.69, 9.17) is 9.84 Å². The van der Waals surface area contributed by atoms with Gasteiger partial charge < -0.3 is 29.9 Å². The van der Waals surface area contributed by atoms with Crippen LogP contribution in [0.15, 0.2) is 0 Å². The standard InChI is InChI=1S/C9H17NO7/c1-2-16-9(15)10-8-7(14)6(13)5(12)4(3-11)17-8/h4-8,11-14H,2-3H2,1H3,(H,10,15)/t4-,5+,6+,7+,8-/m0/s1. The van der Waals surface area contributed by atoms with Crippen molar-refractivity contribution >= 4 is 6.09 Å². The molecule has 1 aliphatic rings. The van der Waals surface area contributed by atoms with Gasteiger partial charge in [0, 0.05) is 0 Å². The van der Waals surface area contributed by atoms with Gasteiger partial charge in [-0.3, -0.25) is 5.32 Å². The largest absolute Gasteiger partial charge is 0.450 e. The Kier molecular flexibility index (Phi) is 5.09. The maximum absolute atomic E-state index is 11.1. The van der Waals surface area contributed by atoms with Gasteiger partial charge in [0.2, 0.25) is 0 Å². The van der Waals surface area contributed by atoms with E-state index in [1.807, 2.05) is 0 Å². The number of aliphatic hydroxyl groups excluding tert-OH is 4. The van der Waals surface area contributed by atoms with Gasteiger partial charge >= 0.3 is 6.09 Å². The minimum absolute atomic E-state index is 0.142. The number of nitrogens with one attached hydrogen (secondary N) is 1. The molecular weight excluding hydrogens is 234 g/mol. The predicted molar refractivity (Wildman–Crippen MR) is 53.9 cm³/mol. The number of amides is 1. The van der Waals surface area contributed by atoms with E-state index in [0.29, 0.717) is 0 Å². The summed E-state index contributed by atoms with van der Waals surface area (Å²) in [4.78, 5) is 11.1. The molecule has 5 atom stereocenters. The third kappa shape index (κ3) is 3.27. The maximum Gasteiger partial charge on any atom is 0.409 e. The zero-order valence-electron chi connectivity index (χ0n) is 9.31. The molecule has 1 rings (SSSR count). The molecule has 0 radical (unpaired) electrons. The smallest absolute Gasteiger partial charge is 0.409 e.